The highest BCUT2D eigenvalue weighted by molar-refractivity contribution is 5.93. The quantitative estimate of drug-likeness (QED) is 0.747. The van der Waals surface area contributed by atoms with E-state index in [1.54, 1.807) is 25.1 Å². The number of amides is 2. The predicted molar refractivity (Wildman–Crippen MR) is 82.9 cm³/mol. The molecule has 1 aromatic rings. The lowest BCUT2D eigenvalue weighted by atomic mass is 9.93. The predicted octanol–water partition coefficient (Wildman–Crippen LogP) is 2.21. The van der Waals surface area contributed by atoms with Crippen LogP contribution in [-0.4, -0.2) is 36.4 Å². The van der Waals surface area contributed by atoms with Crippen molar-refractivity contribution in [1.82, 2.24) is 5.32 Å². The highest BCUT2D eigenvalue weighted by Crippen LogP contribution is 2.19. The monoisotopic (exact) mass is 306 g/mol. The van der Waals surface area contributed by atoms with Crippen molar-refractivity contribution in [3.8, 4) is 0 Å². The molecule has 1 saturated carbocycles. The maximum atomic E-state index is 12.0. The van der Waals surface area contributed by atoms with Crippen molar-refractivity contribution in [3.05, 3.63) is 29.3 Å². The third kappa shape index (κ3) is 3.98. The standard InChI is InChI=1S/C16H22N2O4/c1-10-9-11(7-8-12(10)15(20)22-2)17-16(21)18-13-5-3-4-6-14(13)19/h7-9,13-14,19H,3-6H2,1-2H3,(H2,17,18,21)/t13-,14-/m0/s1. The summed E-state index contributed by atoms with van der Waals surface area (Å²) >= 11 is 0. The second kappa shape index (κ2) is 7.26. The Hall–Kier alpha value is -2.08. The van der Waals surface area contributed by atoms with Gasteiger partial charge in [0.1, 0.15) is 0 Å². The van der Waals surface area contributed by atoms with Crippen LogP contribution in [0.1, 0.15) is 41.6 Å². The van der Waals surface area contributed by atoms with Crippen molar-refractivity contribution in [2.45, 2.75) is 44.8 Å². The topological polar surface area (TPSA) is 87.7 Å². The van der Waals surface area contributed by atoms with E-state index in [9.17, 15) is 14.7 Å². The van der Waals surface area contributed by atoms with Crippen molar-refractivity contribution < 1.29 is 19.4 Å². The molecule has 3 N–H and O–H groups in total. The van der Waals surface area contributed by atoms with Gasteiger partial charge in [-0.2, -0.15) is 0 Å². The molecular weight excluding hydrogens is 284 g/mol. The van der Waals surface area contributed by atoms with Crippen LogP contribution < -0.4 is 10.6 Å². The van der Waals surface area contributed by atoms with Gasteiger partial charge in [0.2, 0.25) is 0 Å². The van der Waals surface area contributed by atoms with Crippen LogP contribution in [0.3, 0.4) is 0 Å². The minimum Gasteiger partial charge on any atom is -0.465 e. The molecule has 2 atom stereocenters. The highest BCUT2D eigenvalue weighted by Gasteiger charge is 2.24. The number of hydrogen-bond acceptors (Lipinski definition) is 4. The molecular formula is C16H22N2O4. The van der Waals surface area contributed by atoms with E-state index >= 15 is 0 Å². The number of carbonyl (C=O) groups is 2. The number of nitrogens with one attached hydrogen (secondary N) is 2. The van der Waals surface area contributed by atoms with Gasteiger partial charge in [0.25, 0.3) is 0 Å². The van der Waals surface area contributed by atoms with Gasteiger partial charge in [-0.3, -0.25) is 0 Å². The zero-order chi connectivity index (χ0) is 16.1. The number of aliphatic hydroxyl groups excluding tert-OH is 1. The Kier molecular flexibility index (Phi) is 5.38. The van der Waals surface area contributed by atoms with Gasteiger partial charge >= 0.3 is 12.0 Å². The van der Waals surface area contributed by atoms with Crippen LogP contribution in [0.2, 0.25) is 0 Å². The molecule has 1 aliphatic carbocycles. The van der Waals surface area contributed by atoms with Gasteiger partial charge in [-0.05, 0) is 43.5 Å². The summed E-state index contributed by atoms with van der Waals surface area (Å²) in [6, 6.07) is 4.42. The highest BCUT2D eigenvalue weighted by atomic mass is 16.5. The fourth-order valence-electron chi connectivity index (χ4n) is 2.70. The number of aryl methyl sites for hydroxylation is 1. The molecule has 0 saturated heterocycles. The van der Waals surface area contributed by atoms with Crippen molar-refractivity contribution in [2.24, 2.45) is 0 Å². The van der Waals surface area contributed by atoms with E-state index in [2.05, 4.69) is 15.4 Å². The van der Waals surface area contributed by atoms with Crippen molar-refractivity contribution >= 4 is 17.7 Å². The summed E-state index contributed by atoms with van der Waals surface area (Å²) in [5, 5.41) is 15.4. The first-order valence-electron chi connectivity index (χ1n) is 7.46. The number of carbonyl (C=O) groups excluding carboxylic acids is 2. The van der Waals surface area contributed by atoms with Gasteiger partial charge in [-0.1, -0.05) is 12.8 Å². The minimum absolute atomic E-state index is 0.204. The molecule has 1 aliphatic rings. The molecule has 0 radical (unpaired) electrons. The third-order valence-corrected chi connectivity index (χ3v) is 3.94. The van der Waals surface area contributed by atoms with Crippen LogP contribution >= 0.6 is 0 Å². The van der Waals surface area contributed by atoms with Gasteiger partial charge in [0.15, 0.2) is 0 Å². The molecule has 2 rings (SSSR count). The Morgan fingerprint density at radius 2 is 2.00 bits per heavy atom. The number of anilines is 1. The largest absolute Gasteiger partial charge is 0.465 e. The summed E-state index contributed by atoms with van der Waals surface area (Å²) < 4.78 is 4.68. The molecule has 0 bridgehead atoms. The molecule has 120 valence electrons. The zero-order valence-corrected chi connectivity index (χ0v) is 12.9. The van der Waals surface area contributed by atoms with Crippen LogP contribution in [0.5, 0.6) is 0 Å². The molecule has 1 aromatic carbocycles. The lowest BCUT2D eigenvalue weighted by Crippen LogP contribution is -2.46. The summed E-state index contributed by atoms with van der Waals surface area (Å²) in [5.41, 5.74) is 1.78. The maximum Gasteiger partial charge on any atom is 0.338 e. The molecule has 2 amide bonds. The van der Waals surface area contributed by atoms with Crippen LogP contribution in [0.25, 0.3) is 0 Å². The summed E-state index contributed by atoms with van der Waals surface area (Å²) in [4.78, 5) is 23.5. The van der Waals surface area contributed by atoms with Crippen molar-refractivity contribution in [1.29, 1.82) is 0 Å². The fraction of sp³-hybridized carbons (Fsp3) is 0.500. The van der Waals surface area contributed by atoms with Crippen LogP contribution in [0.4, 0.5) is 10.5 Å². The Labute approximate surface area is 129 Å². The summed E-state index contributed by atoms with van der Waals surface area (Å²) in [6.45, 7) is 1.78. The van der Waals surface area contributed by atoms with Gasteiger partial charge in [0, 0.05) is 5.69 Å². The average molecular weight is 306 g/mol. The number of ether oxygens (including phenoxy) is 1. The Morgan fingerprint density at radius 3 is 2.64 bits per heavy atom. The number of aliphatic hydroxyl groups is 1. The summed E-state index contributed by atoms with van der Waals surface area (Å²) in [7, 11) is 1.33. The third-order valence-electron chi connectivity index (χ3n) is 3.94. The lowest BCUT2D eigenvalue weighted by Gasteiger charge is -2.28. The Balaban J connectivity index is 1.96. The number of urea groups is 1. The summed E-state index contributed by atoms with van der Waals surface area (Å²) in [5.74, 6) is -0.404. The molecule has 1 fully saturated rings. The van der Waals surface area contributed by atoms with Crippen molar-refractivity contribution in [3.63, 3.8) is 0 Å². The smallest absolute Gasteiger partial charge is 0.338 e. The Bertz CT molecular complexity index is 559. The first-order chi connectivity index (χ1) is 10.5. The normalized spacial score (nSPS) is 21.0. The second-order valence-electron chi connectivity index (χ2n) is 5.58. The van der Waals surface area contributed by atoms with E-state index < -0.39 is 12.1 Å². The maximum absolute atomic E-state index is 12.0. The molecule has 0 heterocycles. The lowest BCUT2D eigenvalue weighted by molar-refractivity contribution is 0.0600. The molecule has 6 heteroatoms. The minimum atomic E-state index is -0.483. The molecule has 0 aromatic heterocycles. The second-order valence-corrected chi connectivity index (χ2v) is 5.58. The molecule has 0 aliphatic heterocycles. The molecule has 6 nitrogen and oxygen atoms in total. The molecule has 22 heavy (non-hydrogen) atoms. The van der Waals surface area contributed by atoms with Gasteiger partial charge in [-0.15, -0.1) is 0 Å². The van der Waals surface area contributed by atoms with E-state index in [0.29, 0.717) is 11.3 Å². The SMILES string of the molecule is COC(=O)c1ccc(NC(=O)N[C@H]2CCCC[C@@H]2O)cc1C. The average Bonchev–Trinajstić information content (AvgIpc) is 2.49. The number of esters is 1. The number of benzene rings is 1. The van der Waals surface area contributed by atoms with Crippen LogP contribution in [0.15, 0.2) is 18.2 Å². The number of methoxy groups -OCH3 is 1. The Morgan fingerprint density at radius 1 is 1.27 bits per heavy atom. The van der Waals surface area contributed by atoms with Crippen LogP contribution in [0, 0.1) is 6.92 Å². The van der Waals surface area contributed by atoms with Gasteiger partial charge in [0.05, 0.1) is 24.8 Å². The van der Waals surface area contributed by atoms with E-state index in [-0.39, 0.29) is 12.1 Å². The first kappa shape index (κ1) is 16.3. The number of hydrogen-bond donors (Lipinski definition) is 3. The van der Waals surface area contributed by atoms with Crippen molar-refractivity contribution in [2.75, 3.05) is 12.4 Å². The van der Waals surface area contributed by atoms with Gasteiger partial charge in [-0.25, -0.2) is 9.59 Å². The summed E-state index contributed by atoms with van der Waals surface area (Å²) in [6.07, 6.45) is 3.03. The van der Waals surface area contributed by atoms with E-state index in [1.807, 2.05) is 0 Å². The number of rotatable bonds is 3. The molecule has 0 spiro atoms. The van der Waals surface area contributed by atoms with Gasteiger partial charge < -0.3 is 20.5 Å². The van der Waals surface area contributed by atoms with E-state index in [1.165, 1.54) is 7.11 Å². The van der Waals surface area contributed by atoms with E-state index in [4.69, 9.17) is 0 Å². The first-order valence-corrected chi connectivity index (χ1v) is 7.46. The fourth-order valence-corrected chi connectivity index (χ4v) is 2.70. The molecule has 0 unspecified atom stereocenters. The van der Waals surface area contributed by atoms with Crippen LogP contribution in [-0.2, 0) is 4.74 Å². The zero-order valence-electron chi connectivity index (χ0n) is 12.9. The van der Waals surface area contributed by atoms with E-state index in [0.717, 1.165) is 31.2 Å².